The Morgan fingerprint density at radius 2 is 2.14 bits per heavy atom. The Bertz CT molecular complexity index is 554. The minimum absolute atomic E-state index is 0. The summed E-state index contributed by atoms with van der Waals surface area (Å²) in [7, 11) is 0. The molecule has 1 unspecified atom stereocenters. The molecule has 0 radical (unpaired) electrons. The predicted molar refractivity (Wildman–Crippen MR) is 127 cm³/mol. The molecule has 29 heavy (non-hydrogen) atoms. The van der Waals surface area contributed by atoms with Gasteiger partial charge in [0, 0.05) is 39.2 Å². The topological polar surface area (TPSA) is 59.2 Å². The lowest BCUT2D eigenvalue weighted by molar-refractivity contribution is -0.0721. The van der Waals surface area contributed by atoms with Crippen molar-refractivity contribution in [1.29, 1.82) is 0 Å². The Morgan fingerprint density at radius 1 is 1.28 bits per heavy atom. The third-order valence-corrected chi connectivity index (χ3v) is 5.54. The number of aliphatic imine (C=N–C) groups is 1. The van der Waals surface area contributed by atoms with E-state index in [2.05, 4.69) is 17.1 Å². The molecule has 0 bridgehead atoms. The number of nitrogens with one attached hydrogen (secondary N) is 1. The van der Waals surface area contributed by atoms with Gasteiger partial charge in [-0.15, -0.1) is 24.0 Å². The van der Waals surface area contributed by atoms with Crippen molar-refractivity contribution < 1.29 is 13.9 Å². The number of unbranched alkanes of at least 4 members (excludes halogenated alkanes) is 1. The highest BCUT2D eigenvalue weighted by Crippen LogP contribution is 2.18. The van der Waals surface area contributed by atoms with Crippen LogP contribution in [0.15, 0.2) is 27.8 Å². The van der Waals surface area contributed by atoms with Gasteiger partial charge in [-0.25, -0.2) is 0 Å². The summed E-state index contributed by atoms with van der Waals surface area (Å²) in [4.78, 5) is 7.22. The standard InChI is InChI=1S/C22H37N3O3.HI/c1-2-3-12-23-22(24-13-9-19-8-6-17-26-19)25-14-10-20(11-15-25)28-18-21-7-4-5-16-27-21;/h6,8,17,20-21H,2-5,7,9-16,18H2,1H3,(H,23,24);1H. The molecule has 7 heteroatoms. The van der Waals surface area contributed by atoms with Gasteiger partial charge >= 0.3 is 0 Å². The zero-order chi connectivity index (χ0) is 19.4. The number of furan rings is 1. The molecule has 1 aromatic rings. The average molecular weight is 519 g/mol. The van der Waals surface area contributed by atoms with Gasteiger partial charge < -0.3 is 24.1 Å². The zero-order valence-corrected chi connectivity index (χ0v) is 20.1. The maximum atomic E-state index is 6.15. The number of guanidine groups is 1. The molecule has 2 fully saturated rings. The average Bonchev–Trinajstić information content (AvgIpc) is 3.26. The number of halogens is 1. The predicted octanol–water partition coefficient (Wildman–Crippen LogP) is 4.24. The number of rotatable bonds is 9. The number of ether oxygens (including phenoxy) is 2. The number of hydrogen-bond donors (Lipinski definition) is 1. The largest absolute Gasteiger partial charge is 0.469 e. The van der Waals surface area contributed by atoms with Gasteiger partial charge in [-0.2, -0.15) is 0 Å². The first-order chi connectivity index (χ1) is 13.8. The van der Waals surface area contributed by atoms with Gasteiger partial charge in [-0.1, -0.05) is 13.3 Å². The molecule has 0 saturated carbocycles. The van der Waals surface area contributed by atoms with Crippen molar-refractivity contribution in [2.75, 3.05) is 39.4 Å². The molecule has 2 aliphatic heterocycles. The van der Waals surface area contributed by atoms with E-state index >= 15 is 0 Å². The van der Waals surface area contributed by atoms with Crippen LogP contribution in [0.4, 0.5) is 0 Å². The van der Waals surface area contributed by atoms with Crippen LogP contribution in [0.25, 0.3) is 0 Å². The maximum absolute atomic E-state index is 6.15. The molecule has 6 nitrogen and oxygen atoms in total. The molecule has 3 rings (SSSR count). The Kier molecular flexibility index (Phi) is 12.0. The van der Waals surface area contributed by atoms with E-state index < -0.39 is 0 Å². The van der Waals surface area contributed by atoms with Crippen LogP contribution >= 0.6 is 24.0 Å². The maximum Gasteiger partial charge on any atom is 0.193 e. The molecule has 166 valence electrons. The monoisotopic (exact) mass is 519 g/mol. The van der Waals surface area contributed by atoms with Crippen molar-refractivity contribution in [3.63, 3.8) is 0 Å². The lowest BCUT2D eigenvalue weighted by atomic mass is 10.1. The lowest BCUT2D eigenvalue weighted by Crippen LogP contribution is -2.47. The zero-order valence-electron chi connectivity index (χ0n) is 17.8. The fourth-order valence-electron chi connectivity index (χ4n) is 3.78. The second-order valence-electron chi connectivity index (χ2n) is 7.82. The first kappa shape index (κ1) is 24.5. The third-order valence-electron chi connectivity index (χ3n) is 5.54. The summed E-state index contributed by atoms with van der Waals surface area (Å²) in [5.41, 5.74) is 0. The quantitative estimate of drug-likeness (QED) is 0.229. The Balaban J connectivity index is 0.00000300. The second kappa shape index (κ2) is 14.2. The molecular formula is C22H38IN3O3. The van der Waals surface area contributed by atoms with Crippen LogP contribution in [0.5, 0.6) is 0 Å². The third kappa shape index (κ3) is 8.84. The fourth-order valence-corrected chi connectivity index (χ4v) is 3.78. The highest BCUT2D eigenvalue weighted by molar-refractivity contribution is 14.0. The first-order valence-corrected chi connectivity index (χ1v) is 11.1. The van der Waals surface area contributed by atoms with Gasteiger partial charge in [0.15, 0.2) is 5.96 Å². The van der Waals surface area contributed by atoms with E-state index in [1.165, 1.54) is 19.3 Å². The molecule has 1 N–H and O–H groups in total. The summed E-state index contributed by atoms with van der Waals surface area (Å²) in [5, 5.41) is 3.54. The Labute approximate surface area is 192 Å². The fraction of sp³-hybridized carbons (Fsp3) is 0.773. The minimum atomic E-state index is 0. The first-order valence-electron chi connectivity index (χ1n) is 11.1. The SMILES string of the molecule is CCCCN=C(NCCc1ccco1)N1CCC(OCC2CCCCO2)CC1.I. The van der Waals surface area contributed by atoms with E-state index in [0.717, 1.165) is 83.2 Å². The molecule has 2 aliphatic rings. The van der Waals surface area contributed by atoms with Crippen LogP contribution < -0.4 is 5.32 Å². The van der Waals surface area contributed by atoms with E-state index in [0.29, 0.717) is 12.2 Å². The van der Waals surface area contributed by atoms with Gasteiger partial charge in [0.2, 0.25) is 0 Å². The summed E-state index contributed by atoms with van der Waals surface area (Å²) in [6.07, 6.45) is 11.3. The van der Waals surface area contributed by atoms with Crippen LogP contribution in [0.1, 0.15) is 57.6 Å². The van der Waals surface area contributed by atoms with Crippen molar-refractivity contribution in [3.05, 3.63) is 24.2 Å². The molecular weight excluding hydrogens is 481 g/mol. The van der Waals surface area contributed by atoms with Crippen LogP contribution in [-0.4, -0.2) is 62.5 Å². The molecule has 0 aromatic carbocycles. The molecule has 1 atom stereocenters. The summed E-state index contributed by atoms with van der Waals surface area (Å²) >= 11 is 0. The smallest absolute Gasteiger partial charge is 0.193 e. The van der Waals surface area contributed by atoms with Crippen molar-refractivity contribution >= 4 is 29.9 Å². The number of likely N-dealkylation sites (tertiary alicyclic amines) is 1. The highest BCUT2D eigenvalue weighted by atomic mass is 127. The van der Waals surface area contributed by atoms with Crippen molar-refractivity contribution in [2.45, 2.75) is 70.5 Å². The van der Waals surface area contributed by atoms with E-state index in [1.807, 2.05) is 12.1 Å². The normalized spacial score (nSPS) is 21.1. The molecule has 0 aliphatic carbocycles. The van der Waals surface area contributed by atoms with Gasteiger partial charge in [-0.05, 0) is 50.7 Å². The van der Waals surface area contributed by atoms with Crippen molar-refractivity contribution in [1.82, 2.24) is 10.2 Å². The summed E-state index contributed by atoms with van der Waals surface area (Å²) < 4.78 is 17.4. The lowest BCUT2D eigenvalue weighted by Gasteiger charge is -2.35. The van der Waals surface area contributed by atoms with E-state index in [4.69, 9.17) is 18.9 Å². The summed E-state index contributed by atoms with van der Waals surface area (Å²) in [6.45, 7) is 7.57. The molecule has 3 heterocycles. The number of hydrogen-bond acceptors (Lipinski definition) is 4. The van der Waals surface area contributed by atoms with Crippen LogP contribution in [0.3, 0.4) is 0 Å². The number of nitrogens with zero attached hydrogens (tertiary/aromatic N) is 2. The second-order valence-corrected chi connectivity index (χ2v) is 7.82. The Morgan fingerprint density at radius 3 is 2.83 bits per heavy atom. The summed E-state index contributed by atoms with van der Waals surface area (Å²) in [6, 6.07) is 3.96. The van der Waals surface area contributed by atoms with Gasteiger partial charge in [0.05, 0.1) is 25.1 Å². The van der Waals surface area contributed by atoms with Crippen LogP contribution in [-0.2, 0) is 15.9 Å². The van der Waals surface area contributed by atoms with Crippen LogP contribution in [0, 0.1) is 0 Å². The molecule has 0 amide bonds. The van der Waals surface area contributed by atoms with Crippen LogP contribution in [0.2, 0.25) is 0 Å². The van der Waals surface area contributed by atoms with Gasteiger partial charge in [-0.3, -0.25) is 4.99 Å². The van der Waals surface area contributed by atoms with Crippen molar-refractivity contribution in [2.24, 2.45) is 4.99 Å². The molecule has 1 aromatic heterocycles. The van der Waals surface area contributed by atoms with E-state index in [1.54, 1.807) is 6.26 Å². The van der Waals surface area contributed by atoms with Crippen molar-refractivity contribution in [3.8, 4) is 0 Å². The molecule has 2 saturated heterocycles. The van der Waals surface area contributed by atoms with E-state index in [9.17, 15) is 0 Å². The molecule has 0 spiro atoms. The number of piperidine rings is 1. The highest BCUT2D eigenvalue weighted by Gasteiger charge is 2.23. The van der Waals surface area contributed by atoms with Gasteiger partial charge in [0.1, 0.15) is 5.76 Å². The van der Waals surface area contributed by atoms with E-state index in [-0.39, 0.29) is 24.0 Å². The summed E-state index contributed by atoms with van der Waals surface area (Å²) in [5.74, 6) is 2.05. The minimum Gasteiger partial charge on any atom is -0.469 e. The van der Waals surface area contributed by atoms with Gasteiger partial charge in [0.25, 0.3) is 0 Å². The Hall–Kier alpha value is -0.800.